The van der Waals surface area contributed by atoms with Crippen LogP contribution in [0.3, 0.4) is 0 Å². The first-order chi connectivity index (χ1) is 10.0. The maximum Gasteiger partial charge on any atom is 0.0624 e. The Morgan fingerprint density at radius 2 is 2.00 bits per heavy atom. The number of hydrogen-bond donors (Lipinski definition) is 1. The molecule has 0 aliphatic rings. The number of halogens is 4. The minimum atomic E-state index is 0.204. The molecule has 2 aromatic carbocycles. The molecule has 5 heteroatoms. The predicted molar refractivity (Wildman–Crippen MR) is 103 cm³/mol. The maximum absolute atomic E-state index is 6.33. The lowest BCUT2D eigenvalue weighted by molar-refractivity contribution is 0.547. The van der Waals surface area contributed by atoms with Gasteiger partial charge in [-0.1, -0.05) is 58.2 Å². The number of nitrogens with one attached hydrogen (secondary N) is 1. The van der Waals surface area contributed by atoms with Crippen LogP contribution in [0, 0.1) is 3.57 Å². The lowest BCUT2D eigenvalue weighted by Crippen LogP contribution is -2.24. The van der Waals surface area contributed by atoms with Gasteiger partial charge in [0.25, 0.3) is 0 Å². The summed E-state index contributed by atoms with van der Waals surface area (Å²) in [5, 5.41) is 4.79. The third-order valence-corrected chi connectivity index (χ3v) is 5.57. The zero-order chi connectivity index (χ0) is 15.4. The van der Waals surface area contributed by atoms with E-state index in [9.17, 15) is 0 Å². The highest BCUT2D eigenvalue weighted by atomic mass is 127. The van der Waals surface area contributed by atoms with E-state index in [-0.39, 0.29) is 6.04 Å². The van der Waals surface area contributed by atoms with Gasteiger partial charge >= 0.3 is 0 Å². The molecule has 0 saturated heterocycles. The van der Waals surface area contributed by atoms with E-state index >= 15 is 0 Å². The van der Waals surface area contributed by atoms with Crippen molar-refractivity contribution in [1.82, 2.24) is 5.32 Å². The summed E-state index contributed by atoms with van der Waals surface area (Å²) in [7, 11) is 0. The standard InChI is InChI=1S/C16H15BrCl2IN/c1-2-21-15(12-9-11(17)6-7-14(12)20)8-10-4-3-5-13(18)16(10)19/h3-7,9,15,21H,2,8H2,1H3. The lowest BCUT2D eigenvalue weighted by Gasteiger charge is -2.21. The van der Waals surface area contributed by atoms with Crippen molar-refractivity contribution in [3.8, 4) is 0 Å². The van der Waals surface area contributed by atoms with Crippen LogP contribution in [0.4, 0.5) is 0 Å². The van der Waals surface area contributed by atoms with E-state index in [2.05, 4.69) is 69.0 Å². The van der Waals surface area contributed by atoms with Crippen molar-refractivity contribution in [3.63, 3.8) is 0 Å². The molecule has 112 valence electrons. The largest absolute Gasteiger partial charge is 0.310 e. The number of benzene rings is 2. The van der Waals surface area contributed by atoms with E-state index in [1.165, 1.54) is 9.13 Å². The minimum absolute atomic E-state index is 0.204. The van der Waals surface area contributed by atoms with Crippen LogP contribution in [-0.4, -0.2) is 6.54 Å². The Bertz CT molecular complexity index is 634. The number of likely N-dealkylation sites (N-methyl/N-ethyl adjacent to an activating group) is 1. The summed E-state index contributed by atoms with van der Waals surface area (Å²) in [5.74, 6) is 0. The summed E-state index contributed by atoms with van der Waals surface area (Å²) in [6, 6.07) is 12.3. The van der Waals surface area contributed by atoms with Gasteiger partial charge in [0.1, 0.15) is 0 Å². The highest BCUT2D eigenvalue weighted by Gasteiger charge is 2.17. The van der Waals surface area contributed by atoms with E-state index < -0.39 is 0 Å². The average molecular weight is 499 g/mol. The van der Waals surface area contributed by atoms with Gasteiger partial charge in [-0.3, -0.25) is 0 Å². The van der Waals surface area contributed by atoms with E-state index in [1.54, 1.807) is 0 Å². The SMILES string of the molecule is CCNC(Cc1cccc(Cl)c1Cl)c1cc(Br)ccc1I. The van der Waals surface area contributed by atoms with Crippen molar-refractivity contribution in [2.75, 3.05) is 6.54 Å². The summed E-state index contributed by atoms with van der Waals surface area (Å²) >= 11 is 18.4. The molecule has 0 aromatic heterocycles. The lowest BCUT2D eigenvalue weighted by atomic mass is 9.99. The number of hydrogen-bond acceptors (Lipinski definition) is 1. The third kappa shape index (κ3) is 4.58. The van der Waals surface area contributed by atoms with Gasteiger partial charge in [0.15, 0.2) is 0 Å². The Labute approximate surface area is 157 Å². The molecule has 1 N–H and O–H groups in total. The Balaban J connectivity index is 2.35. The van der Waals surface area contributed by atoms with Gasteiger partial charge in [0.05, 0.1) is 10.0 Å². The van der Waals surface area contributed by atoms with E-state index in [1.807, 2.05) is 18.2 Å². The van der Waals surface area contributed by atoms with Crippen LogP contribution in [0.2, 0.25) is 10.0 Å². The maximum atomic E-state index is 6.33. The topological polar surface area (TPSA) is 12.0 Å². The first kappa shape index (κ1) is 17.5. The van der Waals surface area contributed by atoms with Crippen LogP contribution >= 0.6 is 61.7 Å². The fourth-order valence-corrected chi connectivity index (χ4v) is 3.73. The van der Waals surface area contributed by atoms with Crippen LogP contribution in [0.25, 0.3) is 0 Å². The van der Waals surface area contributed by atoms with E-state index in [0.717, 1.165) is 23.0 Å². The van der Waals surface area contributed by atoms with E-state index in [4.69, 9.17) is 23.2 Å². The summed E-state index contributed by atoms with van der Waals surface area (Å²) in [6.07, 6.45) is 0.805. The van der Waals surface area contributed by atoms with Crippen molar-refractivity contribution in [1.29, 1.82) is 0 Å². The zero-order valence-corrected chi connectivity index (χ0v) is 16.7. The molecule has 0 spiro atoms. The number of rotatable bonds is 5. The molecule has 0 heterocycles. The highest BCUT2D eigenvalue weighted by molar-refractivity contribution is 14.1. The zero-order valence-electron chi connectivity index (χ0n) is 11.5. The highest BCUT2D eigenvalue weighted by Crippen LogP contribution is 2.31. The molecular weight excluding hydrogens is 484 g/mol. The Kier molecular flexibility index (Phi) is 6.81. The molecule has 0 aliphatic carbocycles. The van der Waals surface area contributed by atoms with Crippen LogP contribution in [0.1, 0.15) is 24.1 Å². The minimum Gasteiger partial charge on any atom is -0.310 e. The molecule has 0 bridgehead atoms. The second-order valence-corrected chi connectivity index (χ2v) is 7.56. The van der Waals surface area contributed by atoms with Gasteiger partial charge in [-0.05, 0) is 70.9 Å². The molecule has 2 aromatic rings. The van der Waals surface area contributed by atoms with Gasteiger partial charge in [-0.15, -0.1) is 0 Å². The normalized spacial score (nSPS) is 12.4. The second kappa shape index (κ2) is 8.16. The molecule has 1 unspecified atom stereocenters. The summed E-state index contributed by atoms with van der Waals surface area (Å²) in [5.41, 5.74) is 2.33. The molecule has 0 radical (unpaired) electrons. The van der Waals surface area contributed by atoms with Crippen LogP contribution in [-0.2, 0) is 6.42 Å². The fraction of sp³-hybridized carbons (Fsp3) is 0.250. The molecular formula is C16H15BrCl2IN. The van der Waals surface area contributed by atoms with Gasteiger partial charge in [-0.25, -0.2) is 0 Å². The Hall–Kier alpha value is 0.190. The summed E-state index contributed by atoms with van der Waals surface area (Å²) in [4.78, 5) is 0. The third-order valence-electron chi connectivity index (χ3n) is 3.24. The molecule has 2 rings (SSSR count). The van der Waals surface area contributed by atoms with Gasteiger partial charge in [-0.2, -0.15) is 0 Å². The fourth-order valence-electron chi connectivity index (χ4n) is 2.25. The monoisotopic (exact) mass is 497 g/mol. The van der Waals surface area contributed by atoms with Crippen molar-refractivity contribution in [2.24, 2.45) is 0 Å². The van der Waals surface area contributed by atoms with E-state index in [0.29, 0.717) is 10.0 Å². The van der Waals surface area contributed by atoms with Crippen molar-refractivity contribution in [2.45, 2.75) is 19.4 Å². The molecule has 0 aliphatic heterocycles. The summed E-state index contributed by atoms with van der Waals surface area (Å²) < 4.78 is 2.32. The first-order valence-electron chi connectivity index (χ1n) is 6.64. The predicted octanol–water partition coefficient (Wildman–Crippen LogP) is 6.25. The van der Waals surface area contributed by atoms with Crippen molar-refractivity contribution >= 4 is 61.7 Å². The van der Waals surface area contributed by atoms with Gasteiger partial charge in [0.2, 0.25) is 0 Å². The molecule has 1 nitrogen and oxygen atoms in total. The molecule has 0 saturated carbocycles. The smallest absolute Gasteiger partial charge is 0.0624 e. The molecule has 21 heavy (non-hydrogen) atoms. The van der Waals surface area contributed by atoms with Crippen LogP contribution in [0.5, 0.6) is 0 Å². The molecule has 0 fully saturated rings. The Morgan fingerprint density at radius 1 is 1.24 bits per heavy atom. The van der Waals surface area contributed by atoms with Gasteiger partial charge < -0.3 is 5.32 Å². The molecule has 0 amide bonds. The second-order valence-electron chi connectivity index (χ2n) is 4.69. The van der Waals surface area contributed by atoms with Crippen LogP contribution in [0.15, 0.2) is 40.9 Å². The average Bonchev–Trinajstić information content (AvgIpc) is 2.46. The Morgan fingerprint density at radius 3 is 2.71 bits per heavy atom. The molecule has 1 atom stereocenters. The van der Waals surface area contributed by atoms with Crippen LogP contribution < -0.4 is 5.32 Å². The summed E-state index contributed by atoms with van der Waals surface area (Å²) in [6.45, 7) is 3.00. The van der Waals surface area contributed by atoms with Crippen molar-refractivity contribution in [3.05, 3.63) is 65.6 Å². The quantitative estimate of drug-likeness (QED) is 0.480. The first-order valence-corrected chi connectivity index (χ1v) is 9.27. The van der Waals surface area contributed by atoms with Crippen molar-refractivity contribution < 1.29 is 0 Å². The van der Waals surface area contributed by atoms with Gasteiger partial charge in [0, 0.05) is 14.1 Å².